The summed E-state index contributed by atoms with van der Waals surface area (Å²) in [5.41, 5.74) is 3.62. The molecule has 8 rings (SSSR count). The molecule has 6 aromatic carbocycles. The van der Waals surface area contributed by atoms with Crippen molar-refractivity contribution in [3.05, 3.63) is 224 Å². The van der Waals surface area contributed by atoms with Gasteiger partial charge < -0.3 is 28.8 Å². The lowest BCUT2D eigenvalue weighted by atomic mass is 9.79. The first kappa shape index (κ1) is 41.7. The minimum absolute atomic E-state index is 0.00532. The molecule has 1 unspecified atom stereocenters. The van der Waals surface area contributed by atoms with E-state index >= 15 is 0 Å². The zero-order chi connectivity index (χ0) is 42.9. The molecule has 0 bridgehead atoms. The highest BCUT2D eigenvalue weighted by atomic mass is 16.6. The van der Waals surface area contributed by atoms with Gasteiger partial charge in [-0.3, -0.25) is 14.3 Å². The number of nitrogens with one attached hydrogen (secondary N) is 1. The molecule has 0 radical (unpaired) electrons. The van der Waals surface area contributed by atoms with Gasteiger partial charge in [-0.25, -0.2) is 4.79 Å². The summed E-state index contributed by atoms with van der Waals surface area (Å²) in [4.78, 5) is 28.2. The van der Waals surface area contributed by atoms with Crippen LogP contribution in [0.3, 0.4) is 0 Å². The molecule has 0 aliphatic carbocycles. The molecule has 1 aliphatic rings. The summed E-state index contributed by atoms with van der Waals surface area (Å²) in [6, 6.07) is 50.9. The first-order valence-corrected chi connectivity index (χ1v) is 20.4. The number of aryl methyl sites for hydroxylation is 2. The van der Waals surface area contributed by atoms with Gasteiger partial charge in [0, 0.05) is 12.6 Å². The van der Waals surface area contributed by atoms with Crippen LogP contribution in [0.25, 0.3) is 0 Å². The largest absolute Gasteiger partial charge is 0.457 e. The van der Waals surface area contributed by atoms with Gasteiger partial charge in [0.2, 0.25) is 0 Å². The molecular weight excluding hydrogens is 781 g/mol. The summed E-state index contributed by atoms with van der Waals surface area (Å²) in [6.45, 7) is 4.41. The number of hydrogen-bond acceptors (Lipinski definition) is 8. The highest BCUT2D eigenvalue weighted by Crippen LogP contribution is 2.42. The molecule has 1 saturated heterocycles. The summed E-state index contributed by atoms with van der Waals surface area (Å²) < 4.78 is 32.1. The van der Waals surface area contributed by atoms with Gasteiger partial charge in [0.25, 0.3) is 5.56 Å². The monoisotopic (exact) mass is 826 g/mol. The number of nitrogens with zero attached hydrogens (tertiary/aromatic N) is 1. The zero-order valence-corrected chi connectivity index (χ0v) is 34.4. The number of ether oxygens (including phenoxy) is 5. The molecule has 3 atom stereocenters. The predicted octanol–water partition coefficient (Wildman–Crippen LogP) is 8.96. The summed E-state index contributed by atoms with van der Waals surface area (Å²) in [5, 5.41) is 11.3. The molecule has 0 amide bonds. The van der Waals surface area contributed by atoms with Crippen molar-refractivity contribution in [2.75, 3.05) is 13.2 Å². The first-order valence-electron chi connectivity index (χ1n) is 20.4. The summed E-state index contributed by atoms with van der Waals surface area (Å²) >= 11 is 0. The maximum atomic E-state index is 13.1. The van der Waals surface area contributed by atoms with E-state index in [1.807, 2.05) is 123 Å². The fourth-order valence-corrected chi connectivity index (χ4v) is 7.37. The number of H-pyrrole nitrogens is 1. The van der Waals surface area contributed by atoms with E-state index in [1.165, 1.54) is 10.8 Å². The van der Waals surface area contributed by atoms with Gasteiger partial charge in [-0.15, -0.1) is 0 Å². The van der Waals surface area contributed by atoms with Crippen molar-refractivity contribution in [3.8, 4) is 34.8 Å². The second kappa shape index (κ2) is 19.1. The van der Waals surface area contributed by atoms with Gasteiger partial charge in [0.15, 0.2) is 0 Å². The van der Waals surface area contributed by atoms with Crippen LogP contribution in [-0.4, -0.2) is 40.1 Å². The molecule has 10 heteroatoms. The average molecular weight is 827 g/mol. The molecule has 1 aliphatic heterocycles. The van der Waals surface area contributed by atoms with Gasteiger partial charge in [-0.05, 0) is 84.6 Å². The number of benzene rings is 6. The molecule has 1 aromatic heterocycles. The third-order valence-corrected chi connectivity index (χ3v) is 10.7. The van der Waals surface area contributed by atoms with Crippen LogP contribution in [0.1, 0.15) is 51.6 Å². The third kappa shape index (κ3) is 9.79. The molecule has 0 spiro atoms. The fourth-order valence-electron chi connectivity index (χ4n) is 7.37. The van der Waals surface area contributed by atoms with Gasteiger partial charge >= 0.3 is 5.69 Å². The maximum absolute atomic E-state index is 13.1. The molecule has 312 valence electrons. The minimum Gasteiger partial charge on any atom is -0.457 e. The number of rotatable bonds is 14. The Bertz CT molecular complexity index is 2690. The van der Waals surface area contributed by atoms with Crippen LogP contribution in [0, 0.1) is 25.7 Å². The Hall–Kier alpha value is -7.00. The zero-order valence-electron chi connectivity index (χ0n) is 34.4. The maximum Gasteiger partial charge on any atom is 0.330 e. The summed E-state index contributed by atoms with van der Waals surface area (Å²) in [7, 11) is 0. The number of hydrogen-bond donors (Lipinski definition) is 2. The van der Waals surface area contributed by atoms with E-state index in [-0.39, 0.29) is 31.8 Å². The molecule has 7 aromatic rings. The van der Waals surface area contributed by atoms with Crippen LogP contribution >= 0.6 is 0 Å². The topological polar surface area (TPSA) is 121 Å². The Morgan fingerprint density at radius 3 is 1.79 bits per heavy atom. The fraction of sp³-hybridized carbons (Fsp3) is 0.192. The van der Waals surface area contributed by atoms with Crippen LogP contribution < -0.4 is 20.7 Å². The van der Waals surface area contributed by atoms with Crippen molar-refractivity contribution in [2.45, 2.75) is 50.9 Å². The average Bonchev–Trinajstić information content (AvgIpc) is 3.66. The normalized spacial score (nSPS) is 16.0. The molecule has 62 heavy (non-hydrogen) atoms. The molecule has 0 saturated carbocycles. The smallest absolute Gasteiger partial charge is 0.330 e. The Kier molecular flexibility index (Phi) is 12.9. The van der Waals surface area contributed by atoms with E-state index in [9.17, 15) is 14.7 Å². The lowest BCUT2D eigenvalue weighted by molar-refractivity contribution is -0.0944. The van der Waals surface area contributed by atoms with Gasteiger partial charge in [-0.1, -0.05) is 132 Å². The summed E-state index contributed by atoms with van der Waals surface area (Å²) in [6.07, 6.45) is -1.15. The van der Waals surface area contributed by atoms with Crippen molar-refractivity contribution in [2.24, 2.45) is 0 Å². The van der Waals surface area contributed by atoms with Crippen molar-refractivity contribution in [1.82, 2.24) is 9.55 Å². The second-order valence-electron chi connectivity index (χ2n) is 15.2. The number of aliphatic hydroxyl groups excluding tert-OH is 1. The predicted molar refractivity (Wildman–Crippen MR) is 236 cm³/mol. The lowest BCUT2D eigenvalue weighted by Crippen LogP contribution is -2.38. The van der Waals surface area contributed by atoms with Crippen LogP contribution in [-0.2, 0) is 26.4 Å². The molecule has 2 heterocycles. The standard InChI is InChI=1S/C52H46N2O8/c1-36-15-21-41(22-16-36)52(40-11-5-3-6-12-40,42-23-17-37(2)18-24-42)59-35-48-47(55)32-49(62-48)54-33-39(50(56)53-51(54)57)10-9-31-58-34-38-19-25-44(26-20-38)61-46-29-27-45(28-30-46)60-43-13-7-4-8-14-43/h3-8,11-30,33,47-49,55H,31-32,34-35H2,1-2H3,(H,53,56,57)/t47-,48?,49+/m0/s1. The molecule has 2 N–H and O–H groups in total. The van der Waals surface area contributed by atoms with Gasteiger partial charge in [0.05, 0.1) is 19.3 Å². The van der Waals surface area contributed by atoms with Gasteiger partial charge in [-0.2, -0.15) is 0 Å². The van der Waals surface area contributed by atoms with E-state index in [0.29, 0.717) is 17.2 Å². The van der Waals surface area contributed by atoms with Crippen molar-refractivity contribution < 1.29 is 28.8 Å². The van der Waals surface area contributed by atoms with Crippen LogP contribution in [0.15, 0.2) is 174 Å². The Labute approximate surface area is 359 Å². The Morgan fingerprint density at radius 2 is 1.21 bits per heavy atom. The minimum atomic E-state index is -1.03. The third-order valence-electron chi connectivity index (χ3n) is 10.7. The van der Waals surface area contributed by atoms with E-state index in [0.717, 1.165) is 39.1 Å². The van der Waals surface area contributed by atoms with Crippen molar-refractivity contribution >= 4 is 0 Å². The summed E-state index contributed by atoms with van der Waals surface area (Å²) in [5.74, 6) is 8.51. The molecule has 1 fully saturated rings. The Balaban J connectivity index is 0.892. The second-order valence-corrected chi connectivity index (χ2v) is 15.2. The van der Waals surface area contributed by atoms with Gasteiger partial charge in [0.1, 0.15) is 53.1 Å². The van der Waals surface area contributed by atoms with Crippen LogP contribution in [0.5, 0.6) is 23.0 Å². The highest BCUT2D eigenvalue weighted by molar-refractivity contribution is 5.49. The highest BCUT2D eigenvalue weighted by Gasteiger charge is 2.42. The van der Waals surface area contributed by atoms with E-state index < -0.39 is 35.3 Å². The first-order chi connectivity index (χ1) is 30.2. The van der Waals surface area contributed by atoms with E-state index in [4.69, 9.17) is 23.7 Å². The Morgan fingerprint density at radius 1 is 0.694 bits per heavy atom. The van der Waals surface area contributed by atoms with Crippen molar-refractivity contribution in [3.63, 3.8) is 0 Å². The molecule has 10 nitrogen and oxygen atoms in total. The number of aromatic nitrogens is 2. The number of aromatic amines is 1. The molecular formula is C52H46N2O8. The van der Waals surface area contributed by atoms with Crippen LogP contribution in [0.4, 0.5) is 0 Å². The van der Waals surface area contributed by atoms with E-state index in [1.54, 1.807) is 0 Å². The van der Waals surface area contributed by atoms with Crippen molar-refractivity contribution in [1.29, 1.82) is 0 Å². The quantitative estimate of drug-likeness (QED) is 0.0634. The van der Waals surface area contributed by atoms with E-state index in [2.05, 4.69) is 65.4 Å². The van der Waals surface area contributed by atoms with Crippen LogP contribution in [0.2, 0.25) is 0 Å². The number of para-hydroxylation sites is 1. The lowest BCUT2D eigenvalue weighted by Gasteiger charge is -2.37. The SMILES string of the molecule is Cc1ccc(C(OCC2O[C@@H](n3cc(C#CCOCc4ccc(Oc5ccc(Oc6ccccc6)cc5)cc4)c(=O)[nH]c3=O)C[C@@H]2O)(c2ccccc2)c2ccc(C)cc2)cc1. The number of aliphatic hydroxyl groups is 1.